The number of aromatic nitrogens is 2. The molecule has 0 atom stereocenters. The van der Waals surface area contributed by atoms with E-state index >= 15 is 0 Å². The Morgan fingerprint density at radius 3 is 2.63 bits per heavy atom. The summed E-state index contributed by atoms with van der Waals surface area (Å²) < 4.78 is 25.1. The van der Waals surface area contributed by atoms with Crippen molar-refractivity contribution in [2.75, 3.05) is 5.75 Å². The Labute approximate surface area is 164 Å². The Balaban J connectivity index is 1.71. The average molecular weight is 411 g/mol. The van der Waals surface area contributed by atoms with E-state index in [0.717, 1.165) is 18.4 Å². The van der Waals surface area contributed by atoms with Gasteiger partial charge in [-0.3, -0.25) is 4.79 Å². The van der Waals surface area contributed by atoms with Crippen molar-refractivity contribution < 1.29 is 13.2 Å². The summed E-state index contributed by atoms with van der Waals surface area (Å²) in [6, 6.07) is 4.95. The first kappa shape index (κ1) is 20.2. The van der Waals surface area contributed by atoms with Crippen LogP contribution in [-0.4, -0.2) is 35.7 Å². The van der Waals surface area contributed by atoms with Crippen LogP contribution in [0.4, 0.5) is 0 Å². The molecule has 0 bridgehead atoms. The molecule has 27 heavy (non-hydrogen) atoms. The summed E-state index contributed by atoms with van der Waals surface area (Å²) in [5, 5.41) is 9.04. The van der Waals surface area contributed by atoms with Gasteiger partial charge in [-0.15, -0.1) is 0 Å². The van der Waals surface area contributed by atoms with E-state index < -0.39 is 10.0 Å². The number of rotatable bonds is 6. The molecule has 2 aromatic rings. The molecule has 1 heterocycles. The number of sulfonamides is 1. The van der Waals surface area contributed by atoms with E-state index in [1.165, 1.54) is 49.6 Å². The first-order valence-electron chi connectivity index (χ1n) is 9.33. The highest BCUT2D eigenvalue weighted by Crippen LogP contribution is 2.26. The van der Waals surface area contributed by atoms with Gasteiger partial charge in [-0.05, 0) is 38.0 Å². The maximum absolute atomic E-state index is 12.3. The van der Waals surface area contributed by atoms with Crippen LogP contribution in [0.1, 0.15) is 45.4 Å². The first-order valence-corrected chi connectivity index (χ1v) is 11.9. The van der Waals surface area contributed by atoms with E-state index in [1.54, 1.807) is 6.07 Å². The average Bonchev–Trinajstić information content (AvgIpc) is 2.77. The summed E-state index contributed by atoms with van der Waals surface area (Å²) in [4.78, 5) is 16.9. The van der Waals surface area contributed by atoms with Crippen molar-refractivity contribution in [3.8, 4) is 0 Å². The molecule has 0 saturated heterocycles. The second-order valence-corrected chi connectivity index (χ2v) is 9.38. The van der Waals surface area contributed by atoms with Crippen LogP contribution in [-0.2, 0) is 21.4 Å². The van der Waals surface area contributed by atoms with Crippen molar-refractivity contribution in [1.29, 1.82) is 0 Å². The van der Waals surface area contributed by atoms with Crippen LogP contribution in [0.2, 0.25) is 0 Å². The van der Waals surface area contributed by atoms with E-state index in [9.17, 15) is 13.2 Å². The zero-order valence-corrected chi connectivity index (χ0v) is 17.1. The molecule has 1 amide bonds. The third-order valence-corrected chi connectivity index (χ3v) is 6.77. The van der Waals surface area contributed by atoms with Crippen molar-refractivity contribution in [1.82, 2.24) is 14.9 Å². The maximum atomic E-state index is 12.3. The second-order valence-electron chi connectivity index (χ2n) is 6.88. The van der Waals surface area contributed by atoms with Gasteiger partial charge in [0.2, 0.25) is 15.9 Å². The van der Waals surface area contributed by atoms with Crippen LogP contribution in [0.5, 0.6) is 0 Å². The van der Waals surface area contributed by atoms with Gasteiger partial charge in [0, 0.05) is 12.6 Å². The van der Waals surface area contributed by atoms with Gasteiger partial charge in [0.05, 0.1) is 21.7 Å². The van der Waals surface area contributed by atoms with E-state index in [2.05, 4.69) is 10.3 Å². The number of benzene rings is 1. The summed E-state index contributed by atoms with van der Waals surface area (Å²) in [5.74, 6) is 0.314. The largest absolute Gasteiger partial charge is 0.353 e. The van der Waals surface area contributed by atoms with Gasteiger partial charge in [0.1, 0.15) is 0 Å². The summed E-state index contributed by atoms with van der Waals surface area (Å²) >= 11 is 1.37. The number of thioether (sulfide) groups is 1. The van der Waals surface area contributed by atoms with E-state index in [0.29, 0.717) is 23.0 Å². The highest BCUT2D eigenvalue weighted by molar-refractivity contribution is 7.99. The fourth-order valence-electron chi connectivity index (χ4n) is 3.50. The van der Waals surface area contributed by atoms with Crippen molar-refractivity contribution >= 4 is 38.7 Å². The van der Waals surface area contributed by atoms with Gasteiger partial charge in [0.25, 0.3) is 0 Å². The SMILES string of the molecule is CCn1c(SCC(=O)NC2CCCCCC2)nc2cc(S(N)(=O)=O)ccc21. The summed E-state index contributed by atoms with van der Waals surface area (Å²) in [7, 11) is -3.77. The lowest BCUT2D eigenvalue weighted by Crippen LogP contribution is -2.35. The maximum Gasteiger partial charge on any atom is 0.238 e. The molecule has 1 aliphatic carbocycles. The number of hydrogen-bond donors (Lipinski definition) is 2. The fraction of sp³-hybridized carbons (Fsp3) is 0.556. The Morgan fingerprint density at radius 1 is 1.30 bits per heavy atom. The number of nitrogens with one attached hydrogen (secondary N) is 1. The predicted octanol–water partition coefficient (Wildman–Crippen LogP) is 2.63. The van der Waals surface area contributed by atoms with Crippen LogP contribution in [0.3, 0.4) is 0 Å². The molecule has 148 valence electrons. The molecule has 3 rings (SSSR count). The molecule has 1 aromatic heterocycles. The van der Waals surface area contributed by atoms with Gasteiger partial charge >= 0.3 is 0 Å². The lowest BCUT2D eigenvalue weighted by atomic mass is 10.1. The minimum Gasteiger partial charge on any atom is -0.353 e. The number of imidazole rings is 1. The summed E-state index contributed by atoms with van der Waals surface area (Å²) in [6.07, 6.45) is 6.97. The topological polar surface area (TPSA) is 107 Å². The van der Waals surface area contributed by atoms with Crippen LogP contribution in [0.25, 0.3) is 11.0 Å². The third kappa shape index (κ3) is 5.03. The van der Waals surface area contributed by atoms with Crippen molar-refractivity contribution in [3.05, 3.63) is 18.2 Å². The van der Waals surface area contributed by atoms with Crippen LogP contribution >= 0.6 is 11.8 Å². The smallest absolute Gasteiger partial charge is 0.238 e. The van der Waals surface area contributed by atoms with Crippen LogP contribution < -0.4 is 10.5 Å². The molecule has 0 aliphatic heterocycles. The van der Waals surface area contributed by atoms with Gasteiger partial charge in [-0.2, -0.15) is 0 Å². The zero-order valence-electron chi connectivity index (χ0n) is 15.5. The van der Waals surface area contributed by atoms with Gasteiger partial charge in [-0.1, -0.05) is 37.4 Å². The molecule has 0 spiro atoms. The summed E-state index contributed by atoms with van der Waals surface area (Å²) in [6.45, 7) is 2.67. The Morgan fingerprint density at radius 2 is 2.00 bits per heavy atom. The molecular formula is C18H26N4O3S2. The lowest BCUT2D eigenvalue weighted by Gasteiger charge is -2.16. The lowest BCUT2D eigenvalue weighted by molar-refractivity contribution is -0.119. The standard InChI is InChI=1S/C18H26N4O3S2/c1-2-22-16-10-9-14(27(19,24)25)11-15(16)21-18(22)26-12-17(23)20-13-7-5-3-4-6-8-13/h9-11,13H,2-8,12H2,1H3,(H,20,23)(H2,19,24,25). The Bertz CT molecular complexity index is 916. The van der Waals surface area contributed by atoms with Crippen LogP contribution in [0.15, 0.2) is 28.3 Å². The number of nitrogens with zero attached hydrogens (tertiary/aromatic N) is 2. The van der Waals surface area contributed by atoms with Crippen LogP contribution in [0, 0.1) is 0 Å². The zero-order chi connectivity index (χ0) is 19.4. The van der Waals surface area contributed by atoms with Crippen molar-refractivity contribution in [2.24, 2.45) is 5.14 Å². The Kier molecular flexibility index (Phi) is 6.44. The summed E-state index contributed by atoms with van der Waals surface area (Å²) in [5.41, 5.74) is 1.40. The molecule has 9 heteroatoms. The molecule has 1 saturated carbocycles. The number of fused-ring (bicyclic) bond motifs is 1. The highest BCUT2D eigenvalue weighted by Gasteiger charge is 2.17. The second kappa shape index (κ2) is 8.62. The minimum atomic E-state index is -3.77. The van der Waals surface area contributed by atoms with E-state index in [4.69, 9.17) is 5.14 Å². The predicted molar refractivity (Wildman–Crippen MR) is 107 cm³/mol. The number of carbonyl (C=O) groups is 1. The molecular weight excluding hydrogens is 384 g/mol. The molecule has 1 aliphatic rings. The number of hydrogen-bond acceptors (Lipinski definition) is 5. The molecule has 1 aromatic carbocycles. The Hall–Kier alpha value is -1.58. The minimum absolute atomic E-state index is 0.0202. The van der Waals surface area contributed by atoms with E-state index in [1.807, 2.05) is 11.5 Å². The molecule has 3 N–H and O–H groups in total. The third-order valence-electron chi connectivity index (χ3n) is 4.88. The van der Waals surface area contributed by atoms with Gasteiger partial charge in [-0.25, -0.2) is 18.5 Å². The number of primary sulfonamides is 1. The number of aryl methyl sites for hydroxylation is 1. The molecule has 1 fully saturated rings. The monoisotopic (exact) mass is 410 g/mol. The molecule has 0 radical (unpaired) electrons. The number of amides is 1. The van der Waals surface area contributed by atoms with E-state index in [-0.39, 0.29) is 16.8 Å². The van der Waals surface area contributed by atoms with Gasteiger partial charge < -0.3 is 9.88 Å². The molecule has 7 nitrogen and oxygen atoms in total. The highest BCUT2D eigenvalue weighted by atomic mass is 32.2. The van der Waals surface area contributed by atoms with Gasteiger partial charge in [0.15, 0.2) is 5.16 Å². The molecule has 0 unspecified atom stereocenters. The number of carbonyl (C=O) groups excluding carboxylic acids is 1. The fourth-order valence-corrected chi connectivity index (χ4v) is 4.93. The first-order chi connectivity index (χ1) is 12.9. The quantitative estimate of drug-likeness (QED) is 0.562. The number of nitrogens with two attached hydrogens (primary N) is 1. The van der Waals surface area contributed by atoms with Crippen molar-refractivity contribution in [2.45, 2.75) is 68.1 Å². The normalized spacial score (nSPS) is 16.4. The van der Waals surface area contributed by atoms with Crippen molar-refractivity contribution in [3.63, 3.8) is 0 Å².